The molecule has 138 valence electrons. The van der Waals surface area contributed by atoms with Gasteiger partial charge < -0.3 is 9.32 Å². The van der Waals surface area contributed by atoms with Gasteiger partial charge in [0, 0.05) is 33.0 Å². The van der Waals surface area contributed by atoms with Crippen LogP contribution < -0.4 is 0 Å². The van der Waals surface area contributed by atoms with Crippen LogP contribution in [0.3, 0.4) is 0 Å². The summed E-state index contributed by atoms with van der Waals surface area (Å²) in [6.07, 6.45) is 5.61. The van der Waals surface area contributed by atoms with Crippen LogP contribution in [0.15, 0.2) is 34.9 Å². The molecular weight excluding hydrogens is 326 g/mol. The maximum absolute atomic E-state index is 12.7. The topological polar surface area (TPSA) is 49.6 Å². The van der Waals surface area contributed by atoms with Gasteiger partial charge in [-0.25, -0.2) is 4.98 Å². The molecule has 1 aromatic heterocycles. The Morgan fingerprint density at radius 3 is 2.69 bits per heavy atom. The summed E-state index contributed by atoms with van der Waals surface area (Å²) in [4.78, 5) is 21.6. The van der Waals surface area contributed by atoms with Gasteiger partial charge in [-0.2, -0.15) is 0 Å². The van der Waals surface area contributed by atoms with Gasteiger partial charge in [0.2, 0.25) is 5.91 Å². The third-order valence-corrected chi connectivity index (χ3v) is 5.71. The first kappa shape index (κ1) is 17.3. The van der Waals surface area contributed by atoms with Gasteiger partial charge in [-0.1, -0.05) is 24.3 Å². The molecule has 2 aromatic rings. The summed E-state index contributed by atoms with van der Waals surface area (Å²) in [5.41, 5.74) is 3.71. The molecule has 2 aliphatic rings. The van der Waals surface area contributed by atoms with Gasteiger partial charge in [-0.3, -0.25) is 9.69 Å². The zero-order chi connectivity index (χ0) is 17.9. The Labute approximate surface area is 155 Å². The predicted molar refractivity (Wildman–Crippen MR) is 99.4 cm³/mol. The summed E-state index contributed by atoms with van der Waals surface area (Å²) >= 11 is 0. The van der Waals surface area contributed by atoms with Crippen molar-refractivity contribution in [3.05, 3.63) is 53.2 Å². The van der Waals surface area contributed by atoms with E-state index in [0.717, 1.165) is 63.6 Å². The average Bonchev–Trinajstić information content (AvgIpc) is 3.07. The van der Waals surface area contributed by atoms with Crippen molar-refractivity contribution in [2.45, 2.75) is 45.7 Å². The molecule has 1 amide bonds. The summed E-state index contributed by atoms with van der Waals surface area (Å²) < 4.78 is 5.28. The van der Waals surface area contributed by atoms with E-state index in [1.807, 2.05) is 11.8 Å². The van der Waals surface area contributed by atoms with Crippen molar-refractivity contribution in [1.82, 2.24) is 14.8 Å². The summed E-state index contributed by atoms with van der Waals surface area (Å²) in [6.45, 7) is 6.43. The molecule has 0 spiro atoms. The molecule has 1 aromatic carbocycles. The molecule has 0 radical (unpaired) electrons. The van der Waals surface area contributed by atoms with E-state index in [0.29, 0.717) is 18.2 Å². The second-order valence-electron chi connectivity index (χ2n) is 7.62. The number of nitrogens with zero attached hydrogens (tertiary/aromatic N) is 3. The van der Waals surface area contributed by atoms with Crippen molar-refractivity contribution in [3.8, 4) is 0 Å². The second kappa shape index (κ2) is 7.62. The SMILES string of the molecule is Cc1nc(CN2CCC(CC(=O)N3CCc4ccccc4C3)CC2)co1. The number of carbonyl (C=O) groups excluding carboxylic acids is 1. The molecule has 0 saturated carbocycles. The third kappa shape index (κ3) is 3.98. The Balaban J connectivity index is 1.25. The van der Waals surface area contributed by atoms with E-state index >= 15 is 0 Å². The maximum Gasteiger partial charge on any atom is 0.223 e. The fraction of sp³-hybridized carbons (Fsp3) is 0.524. The Kier molecular flexibility index (Phi) is 5.07. The highest BCUT2D eigenvalue weighted by atomic mass is 16.3. The van der Waals surface area contributed by atoms with Crippen LogP contribution in [0.25, 0.3) is 0 Å². The van der Waals surface area contributed by atoms with Gasteiger partial charge in [0.05, 0.1) is 5.69 Å². The van der Waals surface area contributed by atoms with E-state index in [1.54, 1.807) is 6.26 Å². The fourth-order valence-electron chi connectivity index (χ4n) is 4.14. The minimum atomic E-state index is 0.324. The molecule has 3 heterocycles. The number of likely N-dealkylation sites (tertiary alicyclic amines) is 1. The van der Waals surface area contributed by atoms with E-state index in [4.69, 9.17) is 4.42 Å². The number of hydrogen-bond donors (Lipinski definition) is 0. The van der Waals surface area contributed by atoms with Crippen LogP contribution in [0.5, 0.6) is 0 Å². The molecule has 4 rings (SSSR count). The number of benzene rings is 1. The molecule has 5 nitrogen and oxygen atoms in total. The van der Waals surface area contributed by atoms with Crippen LogP contribution in [0.2, 0.25) is 0 Å². The van der Waals surface area contributed by atoms with Crippen LogP contribution in [0.4, 0.5) is 0 Å². The lowest BCUT2D eigenvalue weighted by Crippen LogP contribution is -2.39. The van der Waals surface area contributed by atoms with Crippen molar-refractivity contribution in [3.63, 3.8) is 0 Å². The molecule has 1 fully saturated rings. The molecular formula is C21H27N3O2. The lowest BCUT2D eigenvalue weighted by molar-refractivity contribution is -0.133. The van der Waals surface area contributed by atoms with Crippen molar-refractivity contribution < 1.29 is 9.21 Å². The van der Waals surface area contributed by atoms with Gasteiger partial charge in [0.25, 0.3) is 0 Å². The molecule has 0 N–H and O–H groups in total. The highest BCUT2D eigenvalue weighted by Gasteiger charge is 2.26. The molecule has 0 unspecified atom stereocenters. The number of piperidine rings is 1. The van der Waals surface area contributed by atoms with Gasteiger partial charge in [-0.15, -0.1) is 0 Å². The number of fused-ring (bicyclic) bond motifs is 1. The summed E-state index contributed by atoms with van der Waals surface area (Å²) in [7, 11) is 0. The van der Waals surface area contributed by atoms with Crippen LogP contribution in [0.1, 0.15) is 42.0 Å². The largest absolute Gasteiger partial charge is 0.449 e. The monoisotopic (exact) mass is 353 g/mol. The lowest BCUT2D eigenvalue weighted by atomic mass is 9.92. The average molecular weight is 353 g/mol. The van der Waals surface area contributed by atoms with E-state index in [2.05, 4.69) is 34.1 Å². The van der Waals surface area contributed by atoms with Crippen LogP contribution in [0, 0.1) is 12.8 Å². The second-order valence-corrected chi connectivity index (χ2v) is 7.62. The van der Waals surface area contributed by atoms with Crippen molar-refractivity contribution in [2.75, 3.05) is 19.6 Å². The zero-order valence-corrected chi connectivity index (χ0v) is 15.5. The van der Waals surface area contributed by atoms with E-state index in [1.165, 1.54) is 11.1 Å². The van der Waals surface area contributed by atoms with Gasteiger partial charge >= 0.3 is 0 Å². The van der Waals surface area contributed by atoms with E-state index in [9.17, 15) is 4.79 Å². The number of rotatable bonds is 4. The van der Waals surface area contributed by atoms with Crippen LogP contribution in [-0.2, 0) is 24.3 Å². The first-order valence-electron chi connectivity index (χ1n) is 9.65. The van der Waals surface area contributed by atoms with E-state index in [-0.39, 0.29) is 0 Å². The van der Waals surface area contributed by atoms with Gasteiger partial charge in [0.1, 0.15) is 6.26 Å². The quantitative estimate of drug-likeness (QED) is 0.847. The molecule has 2 aliphatic heterocycles. The van der Waals surface area contributed by atoms with Gasteiger partial charge in [-0.05, 0) is 49.4 Å². The standard InChI is InChI=1S/C21H27N3O2/c1-16-22-20(15-26-16)14-23-9-6-17(7-10-23)12-21(25)24-11-8-18-4-2-3-5-19(18)13-24/h2-5,15,17H,6-14H2,1H3. The Morgan fingerprint density at radius 2 is 1.96 bits per heavy atom. The third-order valence-electron chi connectivity index (χ3n) is 5.71. The lowest BCUT2D eigenvalue weighted by Gasteiger charge is -2.33. The predicted octanol–water partition coefficient (Wildman–Crippen LogP) is 3.17. The normalized spacial score (nSPS) is 18.7. The first-order valence-corrected chi connectivity index (χ1v) is 9.65. The van der Waals surface area contributed by atoms with Crippen LogP contribution in [-0.4, -0.2) is 40.3 Å². The van der Waals surface area contributed by atoms with Crippen molar-refractivity contribution in [2.24, 2.45) is 5.92 Å². The molecule has 5 heteroatoms. The molecule has 26 heavy (non-hydrogen) atoms. The van der Waals surface area contributed by atoms with Crippen LogP contribution >= 0.6 is 0 Å². The number of aromatic nitrogens is 1. The number of amides is 1. The zero-order valence-electron chi connectivity index (χ0n) is 15.5. The van der Waals surface area contributed by atoms with Crippen molar-refractivity contribution in [1.29, 1.82) is 0 Å². The molecule has 0 atom stereocenters. The minimum absolute atomic E-state index is 0.324. The Hall–Kier alpha value is -2.14. The Morgan fingerprint density at radius 1 is 1.19 bits per heavy atom. The first-order chi connectivity index (χ1) is 12.7. The Bertz CT molecular complexity index is 762. The number of hydrogen-bond acceptors (Lipinski definition) is 4. The van der Waals surface area contributed by atoms with E-state index < -0.39 is 0 Å². The summed E-state index contributed by atoms with van der Waals surface area (Å²) in [6, 6.07) is 8.49. The fourth-order valence-corrected chi connectivity index (χ4v) is 4.14. The number of oxazole rings is 1. The highest BCUT2D eigenvalue weighted by molar-refractivity contribution is 5.76. The van der Waals surface area contributed by atoms with Crippen molar-refractivity contribution >= 4 is 5.91 Å². The highest BCUT2D eigenvalue weighted by Crippen LogP contribution is 2.25. The molecule has 0 bridgehead atoms. The minimum Gasteiger partial charge on any atom is -0.449 e. The summed E-state index contributed by atoms with van der Waals surface area (Å²) in [5, 5.41) is 0. The summed E-state index contributed by atoms with van der Waals surface area (Å²) in [5.74, 6) is 1.56. The smallest absolute Gasteiger partial charge is 0.223 e. The number of aryl methyl sites for hydroxylation is 1. The molecule has 1 saturated heterocycles. The molecule has 0 aliphatic carbocycles. The number of carbonyl (C=O) groups is 1. The maximum atomic E-state index is 12.7. The van der Waals surface area contributed by atoms with Gasteiger partial charge in [0.15, 0.2) is 5.89 Å².